The number of rotatable bonds is 6. The Kier molecular flexibility index (Phi) is 7.89. The molecule has 0 bridgehead atoms. The Labute approximate surface area is 218 Å². The minimum Gasteiger partial charge on any atom is -0.406 e. The van der Waals surface area contributed by atoms with Crippen LogP contribution in [0, 0.1) is 13.8 Å². The number of halogens is 3. The van der Waals surface area contributed by atoms with Crippen LogP contribution in [-0.2, 0) is 11.8 Å². The van der Waals surface area contributed by atoms with Gasteiger partial charge in [-0.15, -0.1) is 13.2 Å². The van der Waals surface area contributed by atoms with Gasteiger partial charge in [-0.1, -0.05) is 24.3 Å². The van der Waals surface area contributed by atoms with Crippen molar-refractivity contribution in [2.24, 2.45) is 7.05 Å². The van der Waals surface area contributed by atoms with Crippen molar-refractivity contribution in [1.82, 2.24) is 14.7 Å². The average Bonchev–Trinajstić information content (AvgIpc) is 3.13. The quantitative estimate of drug-likeness (QED) is 0.424. The van der Waals surface area contributed by atoms with Crippen LogP contribution in [0.15, 0.2) is 54.6 Å². The third-order valence-electron chi connectivity index (χ3n) is 6.70. The van der Waals surface area contributed by atoms with E-state index in [-0.39, 0.29) is 17.6 Å². The Hall–Kier alpha value is -4.08. The van der Waals surface area contributed by atoms with Gasteiger partial charge >= 0.3 is 6.36 Å². The molecule has 200 valence electrons. The van der Waals surface area contributed by atoms with Gasteiger partial charge in [-0.2, -0.15) is 5.10 Å². The molecule has 1 fully saturated rings. The van der Waals surface area contributed by atoms with E-state index in [0.717, 1.165) is 29.8 Å². The highest BCUT2D eigenvalue weighted by Gasteiger charge is 2.31. The summed E-state index contributed by atoms with van der Waals surface area (Å²) >= 11 is 0. The van der Waals surface area contributed by atoms with Gasteiger partial charge in [0.15, 0.2) is 0 Å². The second kappa shape index (κ2) is 11.1. The monoisotopic (exact) mass is 526 g/mol. The van der Waals surface area contributed by atoms with Crippen molar-refractivity contribution in [3.05, 3.63) is 82.7 Å². The van der Waals surface area contributed by atoms with Crippen molar-refractivity contribution in [3.63, 3.8) is 0 Å². The van der Waals surface area contributed by atoms with Crippen LogP contribution >= 0.6 is 0 Å². The maximum Gasteiger partial charge on any atom is 0.573 e. The van der Waals surface area contributed by atoms with Gasteiger partial charge in [0, 0.05) is 37.6 Å². The lowest BCUT2D eigenvalue weighted by Crippen LogP contribution is -2.38. The summed E-state index contributed by atoms with van der Waals surface area (Å²) in [5.74, 6) is -0.330. The van der Waals surface area contributed by atoms with Crippen LogP contribution in [0.5, 0.6) is 5.75 Å². The second-order valence-corrected chi connectivity index (χ2v) is 9.30. The molecule has 0 radical (unpaired) electrons. The number of benzene rings is 2. The normalized spacial score (nSPS) is 14.6. The fourth-order valence-electron chi connectivity index (χ4n) is 4.63. The fourth-order valence-corrected chi connectivity index (χ4v) is 4.63. The van der Waals surface area contributed by atoms with Crippen molar-refractivity contribution < 1.29 is 27.5 Å². The maximum atomic E-state index is 13.0. The Morgan fingerprint density at radius 3 is 2.21 bits per heavy atom. The number of aromatic nitrogens is 2. The summed E-state index contributed by atoms with van der Waals surface area (Å²) < 4.78 is 42.3. The van der Waals surface area contributed by atoms with Crippen molar-refractivity contribution >= 4 is 23.6 Å². The zero-order valence-corrected chi connectivity index (χ0v) is 21.4. The number of hydrogen-bond acceptors (Lipinski definition) is 4. The van der Waals surface area contributed by atoms with Gasteiger partial charge in [-0.25, -0.2) is 0 Å². The van der Waals surface area contributed by atoms with Gasteiger partial charge in [0.25, 0.3) is 5.91 Å². The Bertz CT molecular complexity index is 1320. The lowest BCUT2D eigenvalue weighted by atomic mass is 9.89. The lowest BCUT2D eigenvalue weighted by molar-refractivity contribution is -0.274. The Morgan fingerprint density at radius 2 is 1.66 bits per heavy atom. The number of carbonyl (C=O) groups is 2. The molecule has 1 saturated heterocycles. The first-order valence-electron chi connectivity index (χ1n) is 12.2. The van der Waals surface area contributed by atoms with Crippen molar-refractivity contribution in [1.29, 1.82) is 0 Å². The molecule has 0 unspecified atom stereocenters. The number of aryl methyl sites for hydroxylation is 2. The molecule has 38 heavy (non-hydrogen) atoms. The van der Waals surface area contributed by atoms with E-state index < -0.39 is 6.36 Å². The van der Waals surface area contributed by atoms with Crippen LogP contribution in [-0.4, -0.2) is 45.9 Å². The number of hydrogen-bond donors (Lipinski definition) is 1. The molecule has 0 aliphatic carbocycles. The molecule has 0 saturated carbocycles. The molecule has 7 nitrogen and oxygen atoms in total. The van der Waals surface area contributed by atoms with Gasteiger partial charge < -0.3 is 15.0 Å². The van der Waals surface area contributed by atoms with Crippen LogP contribution in [0.4, 0.5) is 18.9 Å². The molecular formula is C28H29F3N4O3. The summed E-state index contributed by atoms with van der Waals surface area (Å²) in [6.45, 7) is 5.11. The van der Waals surface area contributed by atoms with E-state index in [1.165, 1.54) is 36.4 Å². The average molecular weight is 527 g/mol. The molecule has 10 heteroatoms. The highest BCUT2D eigenvalue weighted by atomic mass is 19.4. The Morgan fingerprint density at radius 1 is 1.03 bits per heavy atom. The third-order valence-corrected chi connectivity index (χ3v) is 6.70. The number of carbonyl (C=O) groups excluding carboxylic acids is 2. The van der Waals surface area contributed by atoms with Gasteiger partial charge in [0.1, 0.15) is 5.75 Å². The van der Waals surface area contributed by atoms with E-state index in [1.54, 1.807) is 4.68 Å². The number of nitrogens with one attached hydrogen (secondary N) is 1. The molecular weight excluding hydrogens is 497 g/mol. The standard InChI is InChI=1S/C28H29F3N4O3/c1-18-26(19(2)34(3)33-18)27(37)35-16-14-22(15-17-35)21-7-9-23(10-8-21)32-25(36)13-6-20-4-11-24(12-5-20)38-28(29,30)31/h4-13,22H,14-17H2,1-3H3,(H,32,36)/b13-6+. The third kappa shape index (κ3) is 6.62. The van der Waals surface area contributed by atoms with E-state index in [0.29, 0.717) is 35.8 Å². The highest BCUT2D eigenvalue weighted by Crippen LogP contribution is 2.30. The summed E-state index contributed by atoms with van der Waals surface area (Å²) in [4.78, 5) is 27.2. The molecule has 4 rings (SSSR count). The molecule has 2 heterocycles. The minimum atomic E-state index is -4.75. The fraction of sp³-hybridized carbons (Fsp3) is 0.321. The van der Waals surface area contributed by atoms with E-state index in [9.17, 15) is 22.8 Å². The van der Waals surface area contributed by atoms with E-state index in [1.807, 2.05) is 50.1 Å². The molecule has 1 aromatic heterocycles. The molecule has 2 aromatic carbocycles. The first kappa shape index (κ1) is 27.0. The zero-order chi connectivity index (χ0) is 27.4. The van der Waals surface area contributed by atoms with Crippen LogP contribution in [0.25, 0.3) is 6.08 Å². The molecule has 3 aromatic rings. The van der Waals surface area contributed by atoms with Crippen molar-refractivity contribution in [3.8, 4) is 5.75 Å². The highest BCUT2D eigenvalue weighted by molar-refractivity contribution is 6.02. The molecule has 1 N–H and O–H groups in total. The largest absolute Gasteiger partial charge is 0.573 e. The van der Waals surface area contributed by atoms with E-state index in [4.69, 9.17) is 0 Å². The first-order chi connectivity index (χ1) is 18.0. The molecule has 0 spiro atoms. The van der Waals surface area contributed by atoms with Gasteiger partial charge in [-0.3, -0.25) is 14.3 Å². The van der Waals surface area contributed by atoms with Crippen LogP contribution < -0.4 is 10.1 Å². The summed E-state index contributed by atoms with van der Waals surface area (Å²) in [5, 5.41) is 7.13. The number of piperidine rings is 1. The van der Waals surface area contributed by atoms with Gasteiger partial charge in [0.2, 0.25) is 5.91 Å². The topological polar surface area (TPSA) is 76.5 Å². The van der Waals surface area contributed by atoms with Crippen LogP contribution in [0.3, 0.4) is 0 Å². The predicted molar refractivity (Wildman–Crippen MR) is 138 cm³/mol. The van der Waals surface area contributed by atoms with Gasteiger partial charge in [0.05, 0.1) is 11.3 Å². The number of anilines is 1. The number of likely N-dealkylation sites (tertiary alicyclic amines) is 1. The maximum absolute atomic E-state index is 13.0. The van der Waals surface area contributed by atoms with E-state index in [2.05, 4.69) is 15.2 Å². The number of ether oxygens (including phenoxy) is 1. The Balaban J connectivity index is 1.28. The number of alkyl halides is 3. The second-order valence-electron chi connectivity index (χ2n) is 9.30. The summed E-state index contributed by atoms with van der Waals surface area (Å²) in [7, 11) is 1.84. The summed E-state index contributed by atoms with van der Waals surface area (Å²) in [6, 6.07) is 12.9. The summed E-state index contributed by atoms with van der Waals surface area (Å²) in [5.41, 5.74) is 4.65. The first-order valence-corrected chi connectivity index (χ1v) is 12.2. The van der Waals surface area contributed by atoms with Crippen LogP contribution in [0.1, 0.15) is 51.6 Å². The lowest BCUT2D eigenvalue weighted by Gasteiger charge is -2.32. The molecule has 2 amide bonds. The van der Waals surface area contributed by atoms with E-state index >= 15 is 0 Å². The predicted octanol–water partition coefficient (Wildman–Crippen LogP) is 5.61. The van der Waals surface area contributed by atoms with Gasteiger partial charge in [-0.05, 0) is 74.1 Å². The number of amides is 2. The molecule has 1 aliphatic rings. The molecule has 1 aliphatic heterocycles. The summed E-state index contributed by atoms with van der Waals surface area (Å²) in [6.07, 6.45) is -0.227. The van der Waals surface area contributed by atoms with Crippen molar-refractivity contribution in [2.45, 2.75) is 39.0 Å². The zero-order valence-electron chi connectivity index (χ0n) is 21.4. The number of nitrogens with zero attached hydrogens (tertiary/aromatic N) is 3. The SMILES string of the molecule is Cc1nn(C)c(C)c1C(=O)N1CCC(c2ccc(NC(=O)/C=C/c3ccc(OC(F)(F)F)cc3)cc2)CC1. The van der Waals surface area contributed by atoms with Crippen molar-refractivity contribution in [2.75, 3.05) is 18.4 Å². The van der Waals surface area contributed by atoms with Crippen LogP contribution in [0.2, 0.25) is 0 Å². The molecule has 0 atom stereocenters. The smallest absolute Gasteiger partial charge is 0.406 e. The minimum absolute atomic E-state index is 0.0308.